The lowest BCUT2D eigenvalue weighted by atomic mass is 10.0. The normalized spacial score (nSPS) is 12.5. The van der Waals surface area contributed by atoms with Gasteiger partial charge in [-0.2, -0.15) is 0 Å². The quantitative estimate of drug-likeness (QED) is 0.600. The highest BCUT2D eigenvalue weighted by molar-refractivity contribution is 7.91. The Kier molecular flexibility index (Phi) is 5.87. The van der Waals surface area contributed by atoms with Gasteiger partial charge in [0.1, 0.15) is 0 Å². The van der Waals surface area contributed by atoms with Crippen LogP contribution in [0.3, 0.4) is 0 Å². The van der Waals surface area contributed by atoms with E-state index in [0.717, 1.165) is 28.0 Å². The molecule has 0 fully saturated rings. The van der Waals surface area contributed by atoms with Gasteiger partial charge >= 0.3 is 0 Å². The number of sulfonamides is 1. The van der Waals surface area contributed by atoms with Gasteiger partial charge in [0, 0.05) is 11.6 Å². The number of amides is 1. The maximum absolute atomic E-state index is 12.6. The van der Waals surface area contributed by atoms with E-state index in [4.69, 9.17) is 0 Å². The molecule has 7 nitrogen and oxygen atoms in total. The van der Waals surface area contributed by atoms with Crippen LogP contribution in [0.25, 0.3) is 0 Å². The monoisotopic (exact) mass is 416 g/mol. The Balaban J connectivity index is 1.73. The summed E-state index contributed by atoms with van der Waals surface area (Å²) in [5.74, 6) is -0.370. The summed E-state index contributed by atoms with van der Waals surface area (Å²) >= 11 is 0.804. The molecule has 0 bridgehead atoms. The van der Waals surface area contributed by atoms with E-state index in [2.05, 4.69) is 20.2 Å². The number of nitrogens with zero attached hydrogens (tertiary/aromatic N) is 2. The second-order valence-corrected chi connectivity index (χ2v) is 9.26. The molecule has 9 heteroatoms. The molecule has 0 saturated carbocycles. The fourth-order valence-electron chi connectivity index (χ4n) is 2.74. The van der Waals surface area contributed by atoms with E-state index >= 15 is 0 Å². The Morgan fingerprint density at radius 3 is 2.54 bits per heavy atom. The topological polar surface area (TPSA) is 101 Å². The maximum Gasteiger partial charge on any atom is 0.270 e. The Bertz CT molecular complexity index is 1110. The van der Waals surface area contributed by atoms with Crippen LogP contribution in [0.4, 0.5) is 5.13 Å². The Morgan fingerprint density at radius 2 is 1.82 bits per heavy atom. The second kappa shape index (κ2) is 8.17. The predicted octanol–water partition coefficient (Wildman–Crippen LogP) is 3.45. The molecule has 1 unspecified atom stereocenters. The zero-order valence-corrected chi connectivity index (χ0v) is 17.3. The van der Waals surface area contributed by atoms with Crippen molar-refractivity contribution >= 4 is 32.4 Å². The van der Waals surface area contributed by atoms with Gasteiger partial charge in [0.15, 0.2) is 0 Å². The average molecular weight is 417 g/mol. The van der Waals surface area contributed by atoms with Crippen molar-refractivity contribution in [3.63, 3.8) is 0 Å². The second-order valence-electron chi connectivity index (χ2n) is 6.40. The minimum atomic E-state index is -3.87. The largest absolute Gasteiger partial charge is 0.296 e. The molecule has 0 spiro atoms. The summed E-state index contributed by atoms with van der Waals surface area (Å²) in [6.45, 7) is 5.57. The van der Waals surface area contributed by atoms with Crippen LogP contribution in [0.5, 0.6) is 0 Å². The minimum absolute atomic E-state index is 0.121. The van der Waals surface area contributed by atoms with Gasteiger partial charge in [-0.1, -0.05) is 53.3 Å². The van der Waals surface area contributed by atoms with Crippen molar-refractivity contribution < 1.29 is 13.2 Å². The van der Waals surface area contributed by atoms with E-state index in [1.807, 2.05) is 44.2 Å². The van der Waals surface area contributed by atoms with Crippen molar-refractivity contribution in [2.75, 3.05) is 5.32 Å². The summed E-state index contributed by atoms with van der Waals surface area (Å²) < 4.78 is 27.7. The first-order chi connectivity index (χ1) is 13.3. The summed E-state index contributed by atoms with van der Waals surface area (Å²) in [6, 6.07) is 14.2. The Morgan fingerprint density at radius 1 is 1.07 bits per heavy atom. The Labute approximate surface area is 167 Å². The molecule has 0 radical (unpaired) electrons. The van der Waals surface area contributed by atoms with Crippen LogP contribution in [-0.2, 0) is 10.0 Å². The number of carbonyl (C=O) groups excluding carboxylic acids is 1. The molecule has 1 heterocycles. The van der Waals surface area contributed by atoms with Crippen molar-refractivity contribution in [2.24, 2.45) is 0 Å². The Hall–Kier alpha value is -2.62. The molecule has 1 aromatic heterocycles. The van der Waals surface area contributed by atoms with Crippen LogP contribution < -0.4 is 10.0 Å². The summed E-state index contributed by atoms with van der Waals surface area (Å²) in [7, 11) is -3.87. The summed E-state index contributed by atoms with van der Waals surface area (Å²) in [5, 5.41) is 10.2. The number of aryl methyl sites for hydroxylation is 2. The van der Waals surface area contributed by atoms with Gasteiger partial charge < -0.3 is 0 Å². The zero-order chi connectivity index (χ0) is 20.3. The lowest BCUT2D eigenvalue weighted by Crippen LogP contribution is -2.27. The molecule has 0 saturated heterocycles. The van der Waals surface area contributed by atoms with Crippen LogP contribution in [0.2, 0.25) is 0 Å². The van der Waals surface area contributed by atoms with E-state index in [9.17, 15) is 13.2 Å². The van der Waals surface area contributed by atoms with Crippen molar-refractivity contribution in [3.05, 3.63) is 70.8 Å². The minimum Gasteiger partial charge on any atom is -0.296 e. The number of aromatic nitrogens is 2. The highest BCUT2D eigenvalue weighted by atomic mass is 32.2. The van der Waals surface area contributed by atoms with Gasteiger partial charge in [0.2, 0.25) is 9.47 Å². The summed E-state index contributed by atoms with van der Waals surface area (Å²) in [4.78, 5) is 12.3. The van der Waals surface area contributed by atoms with Gasteiger partial charge in [-0.25, -0.2) is 13.1 Å². The molecule has 2 N–H and O–H groups in total. The molecule has 0 aliphatic rings. The third kappa shape index (κ3) is 4.61. The van der Waals surface area contributed by atoms with Crippen LogP contribution in [0, 0.1) is 13.8 Å². The van der Waals surface area contributed by atoms with Gasteiger partial charge in [-0.3, -0.25) is 10.1 Å². The SMILES string of the molecule is Cc1cccc(C(=O)Nc2nnc(S(=O)(=O)NC(C)c3ccccc3C)s2)c1. The molecule has 1 atom stereocenters. The van der Waals surface area contributed by atoms with Crippen molar-refractivity contribution in [1.29, 1.82) is 0 Å². The first-order valence-corrected chi connectivity index (χ1v) is 10.9. The molecule has 0 aliphatic heterocycles. The van der Waals surface area contributed by atoms with Crippen molar-refractivity contribution in [2.45, 2.75) is 31.2 Å². The van der Waals surface area contributed by atoms with Gasteiger partial charge in [-0.05, 0) is 44.0 Å². The summed E-state index contributed by atoms with van der Waals surface area (Å²) in [5.41, 5.74) is 3.28. The average Bonchev–Trinajstić information content (AvgIpc) is 3.11. The third-order valence-electron chi connectivity index (χ3n) is 4.12. The molecule has 2 aromatic carbocycles. The van der Waals surface area contributed by atoms with Gasteiger partial charge in [0.05, 0.1) is 0 Å². The highest BCUT2D eigenvalue weighted by Gasteiger charge is 2.24. The molecule has 3 rings (SSSR count). The van der Waals surface area contributed by atoms with Crippen LogP contribution in [0.1, 0.15) is 40.0 Å². The van der Waals surface area contributed by atoms with E-state index in [-0.39, 0.29) is 15.4 Å². The number of rotatable bonds is 6. The lowest BCUT2D eigenvalue weighted by molar-refractivity contribution is 0.102. The number of carbonyl (C=O) groups is 1. The number of hydrogen-bond acceptors (Lipinski definition) is 6. The van der Waals surface area contributed by atoms with E-state index in [0.29, 0.717) is 5.56 Å². The third-order valence-corrected chi connectivity index (χ3v) is 6.87. The van der Waals surface area contributed by atoms with Crippen LogP contribution in [-0.4, -0.2) is 24.5 Å². The molecule has 0 aliphatic carbocycles. The van der Waals surface area contributed by atoms with Gasteiger partial charge in [-0.15, -0.1) is 10.2 Å². The number of benzene rings is 2. The smallest absolute Gasteiger partial charge is 0.270 e. The van der Waals surface area contributed by atoms with Crippen LogP contribution >= 0.6 is 11.3 Å². The van der Waals surface area contributed by atoms with Crippen molar-refractivity contribution in [3.8, 4) is 0 Å². The first-order valence-electron chi connectivity index (χ1n) is 8.55. The molecule has 1 amide bonds. The number of hydrogen-bond donors (Lipinski definition) is 2. The summed E-state index contributed by atoms with van der Waals surface area (Å²) in [6.07, 6.45) is 0. The molecular weight excluding hydrogens is 396 g/mol. The van der Waals surface area contributed by atoms with E-state index in [1.54, 1.807) is 25.1 Å². The predicted molar refractivity (Wildman–Crippen MR) is 109 cm³/mol. The standard InChI is InChI=1S/C19H20N4O3S2/c1-12-7-6-9-15(11-12)17(24)20-18-21-22-19(27-18)28(25,26)23-14(3)16-10-5-4-8-13(16)2/h4-11,14,23H,1-3H3,(H,20,21,24). The van der Waals surface area contributed by atoms with Crippen molar-refractivity contribution in [1.82, 2.24) is 14.9 Å². The molecule has 146 valence electrons. The zero-order valence-electron chi connectivity index (χ0n) is 15.6. The molecule has 28 heavy (non-hydrogen) atoms. The fraction of sp³-hybridized carbons (Fsp3) is 0.211. The highest BCUT2D eigenvalue weighted by Crippen LogP contribution is 2.24. The van der Waals surface area contributed by atoms with Crippen LogP contribution in [0.15, 0.2) is 52.9 Å². The van der Waals surface area contributed by atoms with E-state index in [1.165, 1.54) is 0 Å². The maximum atomic E-state index is 12.6. The molecule has 3 aromatic rings. The number of anilines is 1. The first kappa shape index (κ1) is 20.1. The van der Waals surface area contributed by atoms with Gasteiger partial charge in [0.25, 0.3) is 15.9 Å². The van der Waals surface area contributed by atoms with E-state index < -0.39 is 16.1 Å². The fourth-order valence-corrected chi connectivity index (χ4v) is 4.88. The lowest BCUT2D eigenvalue weighted by Gasteiger charge is -2.15. The number of nitrogens with one attached hydrogen (secondary N) is 2. The molecular formula is C19H20N4O3S2.